The van der Waals surface area contributed by atoms with Gasteiger partial charge in [-0.3, -0.25) is 10.1 Å². The highest BCUT2D eigenvalue weighted by molar-refractivity contribution is 5.75. The molecule has 0 spiro atoms. The molecular weight excluding hydrogens is 238 g/mol. The van der Waals surface area contributed by atoms with Crippen LogP contribution in [0.15, 0.2) is 30.3 Å². The molecule has 3 heteroatoms. The van der Waals surface area contributed by atoms with Crippen molar-refractivity contribution in [1.82, 2.24) is 5.32 Å². The van der Waals surface area contributed by atoms with Gasteiger partial charge in [-0.2, -0.15) is 0 Å². The van der Waals surface area contributed by atoms with Crippen molar-refractivity contribution in [3.05, 3.63) is 35.9 Å². The Morgan fingerprint density at radius 1 is 1.21 bits per heavy atom. The second-order valence-electron chi connectivity index (χ2n) is 5.20. The van der Waals surface area contributed by atoms with Crippen LogP contribution in [0.25, 0.3) is 0 Å². The maximum atomic E-state index is 11.4. The summed E-state index contributed by atoms with van der Waals surface area (Å²) < 4.78 is 0. The van der Waals surface area contributed by atoms with E-state index in [4.69, 9.17) is 0 Å². The van der Waals surface area contributed by atoms with Crippen molar-refractivity contribution in [2.24, 2.45) is 5.92 Å². The van der Waals surface area contributed by atoms with Crippen LogP contribution in [0.4, 0.5) is 0 Å². The fourth-order valence-corrected chi connectivity index (χ4v) is 2.20. The number of carbonyl (C=O) groups is 1. The molecule has 1 rings (SSSR count). The highest BCUT2D eigenvalue weighted by Crippen LogP contribution is 2.18. The molecule has 3 atom stereocenters. The molecule has 0 aromatic heterocycles. The van der Waals surface area contributed by atoms with Gasteiger partial charge in [0.1, 0.15) is 6.04 Å². The number of nitrogens with one attached hydrogen (secondary N) is 1. The Bertz CT molecular complexity index is 378. The van der Waals surface area contributed by atoms with Crippen LogP contribution >= 0.6 is 0 Å². The highest BCUT2D eigenvalue weighted by atomic mass is 16.4. The van der Waals surface area contributed by atoms with E-state index in [-0.39, 0.29) is 6.04 Å². The number of hydrogen-bond acceptors (Lipinski definition) is 2. The van der Waals surface area contributed by atoms with Crippen LogP contribution in [0.3, 0.4) is 0 Å². The zero-order chi connectivity index (χ0) is 14.3. The van der Waals surface area contributed by atoms with Crippen molar-refractivity contribution >= 4 is 5.97 Å². The van der Waals surface area contributed by atoms with Gasteiger partial charge in [-0.15, -0.1) is 0 Å². The molecule has 0 amide bonds. The standard InChI is InChI=1S/C16H25NO2/c1-4-12(3)11-14(5-2)17-15(16(18)19)13-9-7-6-8-10-13/h6-10,12,14-15,17H,4-5,11H2,1-3H3,(H,18,19). The maximum absolute atomic E-state index is 11.4. The summed E-state index contributed by atoms with van der Waals surface area (Å²) in [6, 6.07) is 9.01. The maximum Gasteiger partial charge on any atom is 0.325 e. The second kappa shape index (κ2) is 7.95. The Balaban J connectivity index is 2.75. The van der Waals surface area contributed by atoms with Gasteiger partial charge in [0.25, 0.3) is 0 Å². The number of hydrogen-bond donors (Lipinski definition) is 2. The van der Waals surface area contributed by atoms with Crippen molar-refractivity contribution in [1.29, 1.82) is 0 Å². The largest absolute Gasteiger partial charge is 0.480 e. The van der Waals surface area contributed by atoms with E-state index in [2.05, 4.69) is 26.1 Å². The summed E-state index contributed by atoms with van der Waals surface area (Å²) in [6.07, 6.45) is 3.09. The van der Waals surface area contributed by atoms with Crippen LogP contribution in [0, 0.1) is 5.92 Å². The number of carboxylic acids is 1. The predicted octanol–water partition coefficient (Wildman–Crippen LogP) is 3.62. The van der Waals surface area contributed by atoms with Crippen LogP contribution < -0.4 is 5.32 Å². The van der Waals surface area contributed by atoms with Gasteiger partial charge in [-0.25, -0.2) is 0 Å². The first kappa shape index (κ1) is 15.7. The van der Waals surface area contributed by atoms with E-state index in [0.29, 0.717) is 5.92 Å². The molecule has 0 aliphatic rings. The van der Waals surface area contributed by atoms with Crippen LogP contribution in [-0.4, -0.2) is 17.1 Å². The first-order chi connectivity index (χ1) is 9.08. The van der Waals surface area contributed by atoms with E-state index in [1.54, 1.807) is 0 Å². The SMILES string of the molecule is CCC(C)CC(CC)NC(C(=O)O)c1ccccc1. The number of rotatable bonds is 8. The average molecular weight is 263 g/mol. The molecule has 0 radical (unpaired) electrons. The molecule has 0 aliphatic heterocycles. The van der Waals surface area contributed by atoms with Crippen molar-refractivity contribution in [2.75, 3.05) is 0 Å². The molecule has 0 saturated heterocycles. The van der Waals surface area contributed by atoms with E-state index in [1.165, 1.54) is 0 Å². The van der Waals surface area contributed by atoms with Crippen LogP contribution in [-0.2, 0) is 4.79 Å². The molecular formula is C16H25NO2. The third-order valence-corrected chi connectivity index (χ3v) is 3.66. The lowest BCUT2D eigenvalue weighted by Gasteiger charge is -2.24. The van der Waals surface area contributed by atoms with Crippen LogP contribution in [0.5, 0.6) is 0 Å². The topological polar surface area (TPSA) is 49.3 Å². The van der Waals surface area contributed by atoms with E-state index >= 15 is 0 Å². The quantitative estimate of drug-likeness (QED) is 0.753. The van der Waals surface area contributed by atoms with Gasteiger partial charge in [0.05, 0.1) is 0 Å². The Kier molecular flexibility index (Phi) is 6.57. The normalized spacial score (nSPS) is 15.7. The average Bonchev–Trinajstić information content (AvgIpc) is 2.43. The number of carboxylic acid groups (broad SMARTS) is 1. The lowest BCUT2D eigenvalue weighted by molar-refractivity contribution is -0.140. The van der Waals surface area contributed by atoms with Gasteiger partial charge in [0.15, 0.2) is 0 Å². The molecule has 0 saturated carbocycles. The summed E-state index contributed by atoms with van der Waals surface area (Å²) in [5.74, 6) is -0.198. The fourth-order valence-electron chi connectivity index (χ4n) is 2.20. The van der Waals surface area contributed by atoms with Crippen molar-refractivity contribution in [3.63, 3.8) is 0 Å². The Hall–Kier alpha value is -1.35. The van der Waals surface area contributed by atoms with Crippen molar-refractivity contribution in [3.8, 4) is 0 Å². The smallest absolute Gasteiger partial charge is 0.325 e. The first-order valence-corrected chi connectivity index (χ1v) is 7.12. The summed E-state index contributed by atoms with van der Waals surface area (Å²) in [6.45, 7) is 6.48. The molecule has 2 N–H and O–H groups in total. The number of aliphatic carboxylic acids is 1. The van der Waals surface area contributed by atoms with Crippen LogP contribution in [0.1, 0.15) is 51.6 Å². The monoisotopic (exact) mass is 263 g/mol. The van der Waals surface area contributed by atoms with Gasteiger partial charge in [0, 0.05) is 6.04 Å². The van der Waals surface area contributed by atoms with E-state index in [0.717, 1.165) is 24.8 Å². The molecule has 1 aromatic carbocycles. The van der Waals surface area contributed by atoms with Crippen molar-refractivity contribution in [2.45, 2.75) is 52.1 Å². The van der Waals surface area contributed by atoms with Gasteiger partial charge in [0.2, 0.25) is 0 Å². The van der Waals surface area contributed by atoms with E-state index in [9.17, 15) is 9.90 Å². The van der Waals surface area contributed by atoms with Gasteiger partial charge < -0.3 is 5.11 Å². The summed E-state index contributed by atoms with van der Waals surface area (Å²) >= 11 is 0. The summed E-state index contributed by atoms with van der Waals surface area (Å²) in [5, 5.41) is 12.7. The second-order valence-corrected chi connectivity index (χ2v) is 5.20. The Morgan fingerprint density at radius 2 is 1.84 bits per heavy atom. The third kappa shape index (κ3) is 5.03. The van der Waals surface area contributed by atoms with Crippen LogP contribution in [0.2, 0.25) is 0 Å². The molecule has 0 fully saturated rings. The molecule has 106 valence electrons. The summed E-state index contributed by atoms with van der Waals surface area (Å²) in [4.78, 5) is 11.4. The van der Waals surface area contributed by atoms with E-state index < -0.39 is 12.0 Å². The minimum Gasteiger partial charge on any atom is -0.480 e. The lowest BCUT2D eigenvalue weighted by atomic mass is 9.96. The van der Waals surface area contributed by atoms with Gasteiger partial charge in [-0.1, -0.05) is 57.5 Å². The Labute approximate surface area is 116 Å². The zero-order valence-corrected chi connectivity index (χ0v) is 12.1. The summed E-state index contributed by atoms with van der Waals surface area (Å²) in [7, 11) is 0. The predicted molar refractivity (Wildman–Crippen MR) is 78.1 cm³/mol. The molecule has 1 aromatic rings. The molecule has 0 bridgehead atoms. The minimum absolute atomic E-state index is 0.247. The first-order valence-electron chi connectivity index (χ1n) is 7.12. The zero-order valence-electron chi connectivity index (χ0n) is 12.1. The lowest BCUT2D eigenvalue weighted by Crippen LogP contribution is -2.37. The summed E-state index contributed by atoms with van der Waals surface area (Å²) in [5.41, 5.74) is 0.817. The molecule has 19 heavy (non-hydrogen) atoms. The van der Waals surface area contributed by atoms with Gasteiger partial charge >= 0.3 is 5.97 Å². The van der Waals surface area contributed by atoms with E-state index in [1.807, 2.05) is 30.3 Å². The molecule has 0 aliphatic carbocycles. The highest BCUT2D eigenvalue weighted by Gasteiger charge is 2.23. The van der Waals surface area contributed by atoms with Crippen molar-refractivity contribution < 1.29 is 9.90 Å². The molecule has 0 heterocycles. The van der Waals surface area contributed by atoms with Gasteiger partial charge in [-0.05, 0) is 24.3 Å². The minimum atomic E-state index is -0.811. The Morgan fingerprint density at radius 3 is 2.32 bits per heavy atom. The number of benzene rings is 1. The fraction of sp³-hybridized carbons (Fsp3) is 0.562. The molecule has 3 nitrogen and oxygen atoms in total. The molecule has 3 unspecified atom stereocenters. The third-order valence-electron chi connectivity index (χ3n) is 3.66.